The minimum atomic E-state index is -1.22. The summed E-state index contributed by atoms with van der Waals surface area (Å²) in [6, 6.07) is -1.05. The van der Waals surface area contributed by atoms with Crippen LogP contribution in [0.5, 0.6) is 0 Å². The van der Waals surface area contributed by atoms with Crippen LogP contribution in [0.3, 0.4) is 0 Å². The number of terminal acetylenes is 2. The number of carbonyl (C=O) groups excluding carboxylic acids is 4. The molecule has 12 heteroatoms. The van der Waals surface area contributed by atoms with Crippen molar-refractivity contribution in [2.24, 2.45) is 11.3 Å². The maximum absolute atomic E-state index is 13.7. The van der Waals surface area contributed by atoms with Gasteiger partial charge in [-0.3, -0.25) is 24.2 Å². The van der Waals surface area contributed by atoms with Crippen molar-refractivity contribution in [2.75, 3.05) is 19.6 Å². The number of nitrogens with one attached hydrogen (secondary N) is 4. The van der Waals surface area contributed by atoms with E-state index in [4.69, 9.17) is 0 Å². The van der Waals surface area contributed by atoms with Crippen LogP contribution in [-0.2, 0) is 14.4 Å². The van der Waals surface area contributed by atoms with Gasteiger partial charge in [-0.15, -0.1) is 25.7 Å². The molecule has 3 fully saturated rings. The van der Waals surface area contributed by atoms with Crippen LogP contribution in [0.15, 0.2) is 24.7 Å². The van der Waals surface area contributed by atoms with Gasteiger partial charge in [0.15, 0.2) is 0 Å². The van der Waals surface area contributed by atoms with Crippen molar-refractivity contribution < 1.29 is 24.3 Å². The third kappa shape index (κ3) is 18.1. The summed E-state index contributed by atoms with van der Waals surface area (Å²) in [4.78, 5) is 61.6. The third-order valence-corrected chi connectivity index (χ3v) is 8.42. The van der Waals surface area contributed by atoms with Gasteiger partial charge in [0, 0.05) is 36.9 Å². The highest BCUT2D eigenvalue weighted by Gasteiger charge is 2.40. The van der Waals surface area contributed by atoms with Gasteiger partial charge in [0.05, 0.1) is 24.5 Å². The molecular weight excluding hydrogens is 683 g/mol. The molecule has 1 aromatic rings. The van der Waals surface area contributed by atoms with E-state index in [0.717, 1.165) is 37.8 Å². The van der Waals surface area contributed by atoms with Crippen molar-refractivity contribution in [1.29, 1.82) is 0 Å². The molecule has 1 saturated heterocycles. The molecule has 3 aliphatic rings. The van der Waals surface area contributed by atoms with Crippen LogP contribution in [0.4, 0.5) is 0 Å². The molecule has 54 heavy (non-hydrogen) atoms. The largest absolute Gasteiger partial charge is 0.384 e. The zero-order valence-electron chi connectivity index (χ0n) is 35.4. The van der Waals surface area contributed by atoms with Crippen LogP contribution in [0.2, 0.25) is 0 Å². The molecule has 0 bridgehead atoms. The smallest absolute Gasteiger partial charge is 0.271 e. The summed E-state index contributed by atoms with van der Waals surface area (Å²) < 4.78 is 0. The van der Waals surface area contributed by atoms with E-state index in [2.05, 4.69) is 70.4 Å². The van der Waals surface area contributed by atoms with E-state index in [9.17, 15) is 24.3 Å². The molecule has 0 aromatic carbocycles. The van der Waals surface area contributed by atoms with Gasteiger partial charge < -0.3 is 31.3 Å². The molecule has 5 unspecified atom stereocenters. The van der Waals surface area contributed by atoms with Crippen LogP contribution >= 0.6 is 0 Å². The van der Waals surface area contributed by atoms with Crippen molar-refractivity contribution in [3.63, 3.8) is 0 Å². The molecule has 0 spiro atoms. The second-order valence-corrected chi connectivity index (χ2v) is 12.9. The van der Waals surface area contributed by atoms with Gasteiger partial charge in [-0.25, -0.2) is 4.98 Å². The topological polar surface area (TPSA) is 166 Å². The Morgan fingerprint density at radius 1 is 0.889 bits per heavy atom. The van der Waals surface area contributed by atoms with E-state index in [1.807, 2.05) is 76.2 Å². The molecule has 5 atom stereocenters. The van der Waals surface area contributed by atoms with E-state index >= 15 is 0 Å². The summed E-state index contributed by atoms with van der Waals surface area (Å²) in [5, 5.41) is 21.4. The molecule has 1 aliphatic heterocycles. The number of hydrogen-bond donors (Lipinski definition) is 5. The summed E-state index contributed by atoms with van der Waals surface area (Å²) in [7, 11) is 0. The van der Waals surface area contributed by atoms with E-state index in [1.54, 1.807) is 11.1 Å². The number of aliphatic hydroxyl groups excluding tert-OH is 1. The monoisotopic (exact) mass is 756 g/mol. The SMILES string of the molecule is C#C.C#C.C=C(NCC(O)C(=O)NC1CC1)C1CCCN1C(=O)C(NC(=O)CNC(=O)c1cnc(C2CCC2C)cn1)C(C)(C)C.CC.CC.CC.CC. The maximum Gasteiger partial charge on any atom is 0.271 e. The summed E-state index contributed by atoms with van der Waals surface area (Å²) in [6.45, 7) is 28.0. The Kier molecular flexibility index (Phi) is 29.9. The lowest BCUT2D eigenvalue weighted by Gasteiger charge is -2.36. The molecule has 4 rings (SSSR count). The highest BCUT2D eigenvalue weighted by Crippen LogP contribution is 2.40. The number of nitrogens with zero attached hydrogens (tertiary/aromatic N) is 3. The summed E-state index contributed by atoms with van der Waals surface area (Å²) in [5.41, 5.74) is 0.922. The normalized spacial score (nSPS) is 18.6. The lowest BCUT2D eigenvalue weighted by molar-refractivity contribution is -0.139. The van der Waals surface area contributed by atoms with E-state index < -0.39 is 35.3 Å². The summed E-state index contributed by atoms with van der Waals surface area (Å²) >= 11 is 0. The molecule has 0 radical (unpaired) electrons. The van der Waals surface area contributed by atoms with E-state index in [1.165, 1.54) is 6.20 Å². The Bertz CT molecular complexity index is 1260. The molecule has 2 heterocycles. The van der Waals surface area contributed by atoms with Gasteiger partial charge in [0.25, 0.3) is 11.8 Å². The Balaban J connectivity index is -0.00000197. The molecule has 2 aliphatic carbocycles. The minimum absolute atomic E-state index is 0.0120. The second kappa shape index (κ2) is 30.0. The Morgan fingerprint density at radius 2 is 1.46 bits per heavy atom. The lowest BCUT2D eigenvalue weighted by Crippen LogP contribution is -2.57. The second-order valence-electron chi connectivity index (χ2n) is 12.9. The fraction of sp³-hybridized carbons (Fsp3) is 0.667. The zero-order valence-corrected chi connectivity index (χ0v) is 35.4. The zero-order chi connectivity index (χ0) is 42.6. The maximum atomic E-state index is 13.7. The Labute approximate surface area is 327 Å². The summed E-state index contributed by atoms with van der Waals surface area (Å²) in [5.74, 6) is -0.760. The number of hydrogen-bond acceptors (Lipinski definition) is 8. The van der Waals surface area contributed by atoms with Gasteiger partial charge in [0.1, 0.15) is 17.8 Å². The van der Waals surface area contributed by atoms with Gasteiger partial charge in [-0.1, -0.05) is 89.7 Å². The lowest BCUT2D eigenvalue weighted by atomic mass is 9.73. The molecular formula is C42H73N7O5. The third-order valence-electron chi connectivity index (χ3n) is 8.42. The Hall–Kier alpha value is -4.42. The average molecular weight is 756 g/mol. The van der Waals surface area contributed by atoms with Crippen molar-refractivity contribution in [2.45, 2.75) is 152 Å². The molecule has 1 aromatic heterocycles. The molecule has 5 N–H and O–H groups in total. The molecule has 12 nitrogen and oxygen atoms in total. The van der Waals surface area contributed by atoms with Crippen molar-refractivity contribution in [3.8, 4) is 25.7 Å². The van der Waals surface area contributed by atoms with Gasteiger partial charge in [-0.2, -0.15) is 0 Å². The van der Waals surface area contributed by atoms with Crippen molar-refractivity contribution >= 4 is 23.6 Å². The van der Waals surface area contributed by atoms with E-state index in [0.29, 0.717) is 30.5 Å². The molecule has 2 saturated carbocycles. The van der Waals surface area contributed by atoms with Crippen LogP contribution in [0.25, 0.3) is 0 Å². The minimum Gasteiger partial charge on any atom is -0.384 e. The van der Waals surface area contributed by atoms with Gasteiger partial charge in [-0.05, 0) is 49.9 Å². The van der Waals surface area contributed by atoms with Crippen LogP contribution in [0, 0.1) is 37.0 Å². The number of amides is 4. The number of rotatable bonds is 12. The number of aliphatic hydroxyl groups is 1. The van der Waals surface area contributed by atoms with Gasteiger partial charge >= 0.3 is 0 Å². The van der Waals surface area contributed by atoms with Gasteiger partial charge in [0.2, 0.25) is 11.8 Å². The first-order valence-electron chi connectivity index (χ1n) is 19.6. The fourth-order valence-corrected chi connectivity index (χ4v) is 5.39. The quantitative estimate of drug-likeness (QED) is 0.172. The predicted octanol–water partition coefficient (Wildman–Crippen LogP) is 5.59. The van der Waals surface area contributed by atoms with Crippen molar-refractivity contribution in [1.82, 2.24) is 36.1 Å². The van der Waals surface area contributed by atoms with Crippen LogP contribution < -0.4 is 21.3 Å². The number of likely N-dealkylation sites (tertiary alicyclic amines) is 1. The first kappa shape index (κ1) is 53.9. The first-order chi connectivity index (χ1) is 25.8. The highest BCUT2D eigenvalue weighted by molar-refractivity contribution is 5.95. The summed E-state index contributed by atoms with van der Waals surface area (Å²) in [6.07, 6.45) is 23.3. The fourth-order valence-electron chi connectivity index (χ4n) is 5.39. The average Bonchev–Trinajstić information content (AvgIpc) is 3.88. The molecule has 306 valence electrons. The first-order valence-corrected chi connectivity index (χ1v) is 19.6. The molecule has 4 amide bonds. The van der Waals surface area contributed by atoms with Crippen molar-refractivity contribution in [3.05, 3.63) is 36.1 Å². The predicted molar refractivity (Wildman–Crippen MR) is 221 cm³/mol. The van der Waals surface area contributed by atoms with Crippen LogP contribution in [0.1, 0.15) is 144 Å². The highest BCUT2D eigenvalue weighted by atomic mass is 16.3. The standard InChI is InChI=1S/C30H45N7O5.4C2H6.2C2H2/c1-17-8-11-20(17)21-13-33-22(14-32-21)27(40)34-16-25(39)36-26(30(3,4)5)29(42)37-12-6-7-23(37)18(2)31-15-24(38)28(41)35-19-9-10-19;6*1-2/h13-14,17,19-20,23-24,26,31,38H,2,6-12,15-16H2,1,3-5H3,(H,34,40)(H,35,41)(H,36,39);4*1-2H3;2*1-2H. The van der Waals surface area contributed by atoms with E-state index in [-0.39, 0.29) is 36.8 Å². The number of aromatic nitrogens is 2. The Morgan fingerprint density at radius 3 is 1.91 bits per heavy atom. The van der Waals surface area contributed by atoms with Crippen LogP contribution in [-0.4, -0.2) is 87.5 Å². The number of carbonyl (C=O) groups is 4.